The molecule has 0 aromatic heterocycles. The summed E-state index contributed by atoms with van der Waals surface area (Å²) in [6.45, 7) is 9.04. The number of nitrogens with one attached hydrogen (secondary N) is 1. The van der Waals surface area contributed by atoms with Gasteiger partial charge in [-0.2, -0.15) is 0 Å². The standard InChI is InChI=1S/C18H29N3O3S/c1-14-7-6-8-16(11-14)24-15(2)12-20-17(19-5)21-9-10-25(22,23)18(3,4)13-21/h6-8,11,15H,9-10,12-13H2,1-5H3,(H,19,20). The molecule has 25 heavy (non-hydrogen) atoms. The number of aryl methyl sites for hydroxylation is 1. The summed E-state index contributed by atoms with van der Waals surface area (Å²) >= 11 is 0. The van der Waals surface area contributed by atoms with Gasteiger partial charge in [0.05, 0.1) is 17.0 Å². The first-order valence-corrected chi connectivity index (χ1v) is 10.2. The van der Waals surface area contributed by atoms with Gasteiger partial charge in [0.15, 0.2) is 15.8 Å². The van der Waals surface area contributed by atoms with E-state index in [1.54, 1.807) is 20.9 Å². The van der Waals surface area contributed by atoms with Crippen LogP contribution in [0.2, 0.25) is 0 Å². The molecule has 0 amide bonds. The normalized spacial score (nSPS) is 20.8. The van der Waals surface area contributed by atoms with E-state index in [2.05, 4.69) is 10.3 Å². The van der Waals surface area contributed by atoms with Gasteiger partial charge in [-0.15, -0.1) is 0 Å². The van der Waals surface area contributed by atoms with Gasteiger partial charge in [0.2, 0.25) is 0 Å². The van der Waals surface area contributed by atoms with Crippen molar-refractivity contribution in [3.05, 3.63) is 29.8 Å². The zero-order chi connectivity index (χ0) is 18.7. The summed E-state index contributed by atoms with van der Waals surface area (Å²) in [4.78, 5) is 6.30. The monoisotopic (exact) mass is 367 g/mol. The minimum atomic E-state index is -3.06. The van der Waals surface area contributed by atoms with Gasteiger partial charge in [-0.05, 0) is 45.4 Å². The fourth-order valence-corrected chi connectivity index (χ4v) is 4.22. The number of aliphatic imine (C=N–C) groups is 1. The molecule has 2 rings (SSSR count). The molecule has 0 bridgehead atoms. The molecular formula is C18H29N3O3S. The van der Waals surface area contributed by atoms with Crippen molar-refractivity contribution in [3.8, 4) is 5.75 Å². The first-order chi connectivity index (χ1) is 11.6. The van der Waals surface area contributed by atoms with Crippen LogP contribution in [0.4, 0.5) is 0 Å². The van der Waals surface area contributed by atoms with Crippen LogP contribution in [-0.4, -0.2) is 62.6 Å². The van der Waals surface area contributed by atoms with E-state index in [1.807, 2.05) is 43.0 Å². The third kappa shape index (κ3) is 4.87. The van der Waals surface area contributed by atoms with Crippen LogP contribution >= 0.6 is 0 Å². The van der Waals surface area contributed by atoms with Gasteiger partial charge < -0.3 is 15.0 Å². The molecule has 0 aliphatic carbocycles. The Hall–Kier alpha value is -1.76. The average molecular weight is 368 g/mol. The number of guanidine groups is 1. The topological polar surface area (TPSA) is 71.0 Å². The summed E-state index contributed by atoms with van der Waals surface area (Å²) in [7, 11) is -1.35. The molecule has 1 aromatic carbocycles. The summed E-state index contributed by atoms with van der Waals surface area (Å²) < 4.78 is 29.4. The number of rotatable bonds is 4. The molecule has 0 radical (unpaired) electrons. The highest BCUT2D eigenvalue weighted by atomic mass is 32.2. The van der Waals surface area contributed by atoms with E-state index in [9.17, 15) is 8.42 Å². The van der Waals surface area contributed by atoms with Gasteiger partial charge in [-0.1, -0.05) is 12.1 Å². The Bertz CT molecular complexity index is 729. The highest BCUT2D eigenvalue weighted by molar-refractivity contribution is 7.92. The van der Waals surface area contributed by atoms with Crippen LogP contribution in [0.1, 0.15) is 26.3 Å². The molecule has 1 saturated heterocycles. The first kappa shape index (κ1) is 19.6. The van der Waals surface area contributed by atoms with Crippen LogP contribution in [-0.2, 0) is 9.84 Å². The van der Waals surface area contributed by atoms with Crippen molar-refractivity contribution in [2.45, 2.75) is 38.5 Å². The van der Waals surface area contributed by atoms with E-state index >= 15 is 0 Å². The third-order valence-corrected chi connectivity index (χ3v) is 6.96. The lowest BCUT2D eigenvalue weighted by Gasteiger charge is -2.39. The Morgan fingerprint density at radius 2 is 2.16 bits per heavy atom. The molecule has 7 heteroatoms. The Morgan fingerprint density at radius 1 is 1.44 bits per heavy atom. The molecule has 1 aliphatic rings. The maximum atomic E-state index is 12.1. The van der Waals surface area contributed by atoms with Crippen LogP contribution in [0.15, 0.2) is 29.3 Å². The van der Waals surface area contributed by atoms with Crippen LogP contribution < -0.4 is 10.1 Å². The lowest BCUT2D eigenvalue weighted by atomic mass is 10.2. The van der Waals surface area contributed by atoms with E-state index in [-0.39, 0.29) is 11.9 Å². The number of hydrogen-bond acceptors (Lipinski definition) is 4. The van der Waals surface area contributed by atoms with Crippen molar-refractivity contribution in [2.75, 3.05) is 32.4 Å². The Kier molecular flexibility index (Phi) is 5.98. The van der Waals surface area contributed by atoms with Crippen molar-refractivity contribution in [1.82, 2.24) is 10.2 Å². The summed E-state index contributed by atoms with van der Waals surface area (Å²) in [6.07, 6.45) is -0.0416. The predicted octanol–water partition coefficient (Wildman–Crippen LogP) is 1.85. The lowest BCUT2D eigenvalue weighted by Crippen LogP contribution is -2.57. The van der Waals surface area contributed by atoms with E-state index < -0.39 is 14.6 Å². The summed E-state index contributed by atoms with van der Waals surface area (Å²) in [5, 5.41) is 3.29. The van der Waals surface area contributed by atoms with Crippen LogP contribution in [0.25, 0.3) is 0 Å². The number of hydrogen-bond donors (Lipinski definition) is 1. The SMILES string of the molecule is CN=C(NCC(C)Oc1cccc(C)c1)N1CCS(=O)(=O)C(C)(C)C1. The van der Waals surface area contributed by atoms with E-state index in [1.165, 1.54) is 0 Å². The highest BCUT2D eigenvalue weighted by Crippen LogP contribution is 2.23. The van der Waals surface area contributed by atoms with Crippen LogP contribution in [0.3, 0.4) is 0 Å². The molecule has 1 aliphatic heterocycles. The van der Waals surface area contributed by atoms with E-state index in [0.717, 1.165) is 11.3 Å². The summed E-state index contributed by atoms with van der Waals surface area (Å²) in [6, 6.07) is 7.95. The largest absolute Gasteiger partial charge is 0.489 e. The van der Waals surface area contributed by atoms with Crippen LogP contribution in [0, 0.1) is 6.92 Å². The molecular weight excluding hydrogens is 338 g/mol. The van der Waals surface area contributed by atoms with Crippen LogP contribution in [0.5, 0.6) is 5.75 Å². The Morgan fingerprint density at radius 3 is 2.76 bits per heavy atom. The quantitative estimate of drug-likeness (QED) is 0.650. The summed E-state index contributed by atoms with van der Waals surface area (Å²) in [5.41, 5.74) is 1.16. The van der Waals surface area contributed by atoms with Gasteiger partial charge in [-0.25, -0.2) is 8.42 Å². The maximum absolute atomic E-state index is 12.1. The number of benzene rings is 1. The Labute approximate surface area is 151 Å². The second-order valence-electron chi connectivity index (χ2n) is 7.17. The Balaban J connectivity index is 1.92. The fourth-order valence-electron chi connectivity index (χ4n) is 2.85. The lowest BCUT2D eigenvalue weighted by molar-refractivity contribution is 0.221. The van der Waals surface area contributed by atoms with Gasteiger partial charge in [0.1, 0.15) is 11.9 Å². The average Bonchev–Trinajstić information content (AvgIpc) is 2.51. The molecule has 1 atom stereocenters. The molecule has 0 spiro atoms. The molecule has 0 saturated carbocycles. The molecule has 1 unspecified atom stereocenters. The highest BCUT2D eigenvalue weighted by Gasteiger charge is 2.40. The van der Waals surface area contributed by atoms with Crippen molar-refractivity contribution in [1.29, 1.82) is 0 Å². The zero-order valence-electron chi connectivity index (χ0n) is 15.7. The zero-order valence-corrected chi connectivity index (χ0v) is 16.6. The molecule has 1 N–H and O–H groups in total. The second kappa shape index (κ2) is 7.64. The number of ether oxygens (including phenoxy) is 1. The van der Waals surface area contributed by atoms with Gasteiger partial charge >= 0.3 is 0 Å². The number of sulfone groups is 1. The predicted molar refractivity (Wildman–Crippen MR) is 102 cm³/mol. The summed E-state index contributed by atoms with van der Waals surface area (Å²) in [5.74, 6) is 1.70. The van der Waals surface area contributed by atoms with Crippen molar-refractivity contribution in [3.63, 3.8) is 0 Å². The minimum Gasteiger partial charge on any atom is -0.489 e. The van der Waals surface area contributed by atoms with Gasteiger partial charge in [0.25, 0.3) is 0 Å². The van der Waals surface area contributed by atoms with Crippen molar-refractivity contribution >= 4 is 15.8 Å². The second-order valence-corrected chi connectivity index (χ2v) is 9.92. The molecule has 1 heterocycles. The van der Waals surface area contributed by atoms with E-state index in [4.69, 9.17) is 4.74 Å². The van der Waals surface area contributed by atoms with Gasteiger partial charge in [0, 0.05) is 20.1 Å². The van der Waals surface area contributed by atoms with Crippen molar-refractivity contribution in [2.24, 2.45) is 4.99 Å². The maximum Gasteiger partial charge on any atom is 0.193 e. The van der Waals surface area contributed by atoms with Gasteiger partial charge in [-0.3, -0.25) is 4.99 Å². The third-order valence-electron chi connectivity index (χ3n) is 4.43. The smallest absolute Gasteiger partial charge is 0.193 e. The molecule has 6 nitrogen and oxygen atoms in total. The fraction of sp³-hybridized carbons (Fsp3) is 0.611. The minimum absolute atomic E-state index is 0.0416. The van der Waals surface area contributed by atoms with E-state index in [0.29, 0.717) is 25.6 Å². The molecule has 1 aromatic rings. The molecule has 1 fully saturated rings. The first-order valence-electron chi connectivity index (χ1n) is 8.56. The van der Waals surface area contributed by atoms with Crippen molar-refractivity contribution < 1.29 is 13.2 Å². The molecule has 140 valence electrons. The number of nitrogens with zero attached hydrogens (tertiary/aromatic N) is 2.